The summed E-state index contributed by atoms with van der Waals surface area (Å²) in [6.07, 6.45) is 3.92. The highest BCUT2D eigenvalue weighted by Crippen LogP contribution is 2.02. The molecule has 0 aliphatic heterocycles. The van der Waals surface area contributed by atoms with Gasteiger partial charge in [0, 0.05) is 19.4 Å². The lowest BCUT2D eigenvalue weighted by molar-refractivity contribution is -0.131. The van der Waals surface area contributed by atoms with Crippen molar-refractivity contribution in [2.75, 3.05) is 12.3 Å². The molecule has 0 rings (SSSR count). The third-order valence-corrected chi connectivity index (χ3v) is 3.07. The smallest absolute Gasteiger partial charge is 0.243 e. The van der Waals surface area contributed by atoms with Gasteiger partial charge in [0.15, 0.2) is 0 Å². The van der Waals surface area contributed by atoms with Crippen LogP contribution in [-0.4, -0.2) is 35.9 Å². The largest absolute Gasteiger partial charge is 0.354 e. The third kappa shape index (κ3) is 9.83. The lowest BCUT2D eigenvalue weighted by Crippen LogP contribution is -2.47. The molecule has 2 N–H and O–H groups in total. The Morgan fingerprint density at radius 2 is 1.85 bits per heavy atom. The van der Waals surface area contributed by atoms with Gasteiger partial charge in [0.2, 0.25) is 11.8 Å². The highest BCUT2D eigenvalue weighted by Gasteiger charge is 2.21. The molecule has 0 bridgehead atoms. The van der Waals surface area contributed by atoms with Gasteiger partial charge in [0.25, 0.3) is 0 Å². The molecular weight excluding hydrogens is 276 g/mol. The first-order valence-corrected chi connectivity index (χ1v) is 7.81. The summed E-state index contributed by atoms with van der Waals surface area (Å²) in [7, 11) is 0. The first-order chi connectivity index (χ1) is 9.51. The summed E-state index contributed by atoms with van der Waals surface area (Å²) < 4.78 is 0. The topological polar surface area (TPSA) is 75.3 Å². The number of nitrogens with one attached hydrogen (secondary N) is 2. The fourth-order valence-electron chi connectivity index (χ4n) is 1.71. The minimum Gasteiger partial charge on any atom is -0.354 e. The Labute approximate surface area is 126 Å². The van der Waals surface area contributed by atoms with Crippen LogP contribution in [0.1, 0.15) is 52.4 Å². The highest BCUT2D eigenvalue weighted by molar-refractivity contribution is 7.80. The molecule has 0 aromatic heterocycles. The average Bonchev–Trinajstić information content (AvgIpc) is 2.39. The molecule has 0 aromatic carbocycles. The van der Waals surface area contributed by atoms with Gasteiger partial charge in [-0.3, -0.25) is 14.4 Å². The van der Waals surface area contributed by atoms with Crippen LogP contribution in [0.2, 0.25) is 0 Å². The van der Waals surface area contributed by atoms with Gasteiger partial charge in [-0.25, -0.2) is 0 Å². The first-order valence-electron chi connectivity index (χ1n) is 7.18. The molecule has 0 aliphatic rings. The number of rotatable bonds is 11. The van der Waals surface area contributed by atoms with Gasteiger partial charge in [-0.1, -0.05) is 13.3 Å². The number of Topliss-reactive ketones (excluding diaryl/α,β-unsaturated/α-hetero) is 1. The Kier molecular flexibility index (Phi) is 11.1. The van der Waals surface area contributed by atoms with Crippen LogP contribution in [0.5, 0.6) is 0 Å². The van der Waals surface area contributed by atoms with E-state index in [0.717, 1.165) is 31.4 Å². The van der Waals surface area contributed by atoms with Crippen LogP contribution in [0, 0.1) is 0 Å². The van der Waals surface area contributed by atoms with Crippen LogP contribution < -0.4 is 10.6 Å². The van der Waals surface area contributed by atoms with Crippen LogP contribution >= 0.6 is 12.6 Å². The van der Waals surface area contributed by atoms with Crippen molar-refractivity contribution in [2.24, 2.45) is 0 Å². The summed E-state index contributed by atoms with van der Waals surface area (Å²) >= 11 is 4.11. The van der Waals surface area contributed by atoms with Crippen LogP contribution in [0.15, 0.2) is 0 Å². The van der Waals surface area contributed by atoms with E-state index >= 15 is 0 Å². The van der Waals surface area contributed by atoms with E-state index in [4.69, 9.17) is 0 Å². The lowest BCUT2D eigenvalue weighted by Gasteiger charge is -2.17. The van der Waals surface area contributed by atoms with E-state index < -0.39 is 6.04 Å². The van der Waals surface area contributed by atoms with E-state index in [-0.39, 0.29) is 24.0 Å². The molecular formula is C14H26N2O3S. The van der Waals surface area contributed by atoms with Crippen molar-refractivity contribution in [2.45, 2.75) is 58.4 Å². The quantitative estimate of drug-likeness (QED) is 0.399. The van der Waals surface area contributed by atoms with E-state index in [9.17, 15) is 14.4 Å². The summed E-state index contributed by atoms with van der Waals surface area (Å²) in [5.41, 5.74) is 0. The van der Waals surface area contributed by atoms with Gasteiger partial charge in [-0.2, -0.15) is 12.6 Å². The molecule has 2 amide bonds. The second kappa shape index (κ2) is 11.8. The van der Waals surface area contributed by atoms with Gasteiger partial charge >= 0.3 is 0 Å². The maximum Gasteiger partial charge on any atom is 0.243 e. The summed E-state index contributed by atoms with van der Waals surface area (Å²) in [4.78, 5) is 34.8. The SMILES string of the molecule is CCCNC(=O)C(CC(C)=O)NC(=O)CCCCCS. The number of hydrogen-bond acceptors (Lipinski definition) is 4. The zero-order chi connectivity index (χ0) is 15.4. The maximum absolute atomic E-state index is 11.9. The number of unbranched alkanes of at least 4 members (excludes halogenated alkanes) is 2. The molecule has 0 aliphatic carbocycles. The average molecular weight is 302 g/mol. The number of carbonyl (C=O) groups is 3. The van der Waals surface area contributed by atoms with Gasteiger partial charge in [0.1, 0.15) is 11.8 Å². The van der Waals surface area contributed by atoms with E-state index in [1.807, 2.05) is 6.92 Å². The number of carbonyl (C=O) groups excluding carboxylic acids is 3. The molecule has 0 heterocycles. The Morgan fingerprint density at radius 1 is 1.15 bits per heavy atom. The molecule has 1 unspecified atom stereocenters. The summed E-state index contributed by atoms with van der Waals surface area (Å²) in [6, 6.07) is -0.753. The fraction of sp³-hybridized carbons (Fsp3) is 0.786. The Bertz CT molecular complexity index is 322. The third-order valence-electron chi connectivity index (χ3n) is 2.75. The molecule has 1 atom stereocenters. The monoisotopic (exact) mass is 302 g/mol. The normalized spacial score (nSPS) is 11.8. The molecule has 5 nitrogen and oxygen atoms in total. The van der Waals surface area contributed by atoms with Gasteiger partial charge in [-0.15, -0.1) is 0 Å². The summed E-state index contributed by atoms with van der Waals surface area (Å²) in [6.45, 7) is 3.91. The molecule has 0 spiro atoms. The number of thiol groups is 1. The minimum absolute atomic E-state index is 0.0396. The summed E-state index contributed by atoms with van der Waals surface area (Å²) in [5, 5.41) is 5.35. The molecule has 0 aromatic rings. The molecule has 20 heavy (non-hydrogen) atoms. The number of ketones is 1. The van der Waals surface area contributed by atoms with Crippen molar-refractivity contribution in [1.82, 2.24) is 10.6 Å². The fourth-order valence-corrected chi connectivity index (χ4v) is 1.93. The second-order valence-corrected chi connectivity index (χ2v) is 5.30. The molecule has 116 valence electrons. The lowest BCUT2D eigenvalue weighted by atomic mass is 10.1. The zero-order valence-corrected chi connectivity index (χ0v) is 13.3. The van der Waals surface area contributed by atoms with Gasteiger partial charge in [0.05, 0.1) is 0 Å². The van der Waals surface area contributed by atoms with Crippen LogP contribution in [0.3, 0.4) is 0 Å². The summed E-state index contributed by atoms with van der Waals surface area (Å²) in [5.74, 6) is 0.235. The van der Waals surface area contributed by atoms with E-state index in [2.05, 4.69) is 23.3 Å². The van der Waals surface area contributed by atoms with E-state index in [1.165, 1.54) is 6.92 Å². The van der Waals surface area contributed by atoms with Crippen molar-refractivity contribution in [3.63, 3.8) is 0 Å². The van der Waals surface area contributed by atoms with Crippen molar-refractivity contribution in [1.29, 1.82) is 0 Å². The standard InChI is InChI=1S/C14H26N2O3S/c1-3-8-15-14(19)12(10-11(2)17)16-13(18)7-5-4-6-9-20/h12,20H,3-10H2,1-2H3,(H,15,19)(H,16,18). The predicted molar refractivity (Wildman–Crippen MR) is 82.9 cm³/mol. The maximum atomic E-state index is 11.9. The van der Waals surface area contributed by atoms with Crippen molar-refractivity contribution >= 4 is 30.2 Å². The zero-order valence-electron chi connectivity index (χ0n) is 12.4. The predicted octanol–water partition coefficient (Wildman–Crippen LogP) is 1.47. The van der Waals surface area contributed by atoms with Crippen LogP contribution in [-0.2, 0) is 14.4 Å². The molecule has 0 saturated carbocycles. The van der Waals surface area contributed by atoms with Crippen molar-refractivity contribution in [3.05, 3.63) is 0 Å². The Hall–Kier alpha value is -1.04. The van der Waals surface area contributed by atoms with Crippen molar-refractivity contribution in [3.8, 4) is 0 Å². The highest BCUT2D eigenvalue weighted by atomic mass is 32.1. The van der Waals surface area contributed by atoms with Gasteiger partial charge in [-0.05, 0) is 31.9 Å². The van der Waals surface area contributed by atoms with Crippen molar-refractivity contribution < 1.29 is 14.4 Å². The van der Waals surface area contributed by atoms with Crippen LogP contribution in [0.4, 0.5) is 0 Å². The molecule has 0 saturated heterocycles. The first kappa shape index (κ1) is 19.0. The van der Waals surface area contributed by atoms with Crippen LogP contribution in [0.25, 0.3) is 0 Å². The molecule has 0 radical (unpaired) electrons. The molecule has 6 heteroatoms. The van der Waals surface area contributed by atoms with E-state index in [1.54, 1.807) is 0 Å². The van der Waals surface area contributed by atoms with Gasteiger partial charge < -0.3 is 10.6 Å². The molecule has 0 fully saturated rings. The Morgan fingerprint density at radius 3 is 2.40 bits per heavy atom. The number of hydrogen-bond donors (Lipinski definition) is 3. The second-order valence-electron chi connectivity index (χ2n) is 4.85. The van der Waals surface area contributed by atoms with E-state index in [0.29, 0.717) is 13.0 Å². The Balaban J connectivity index is 4.23. The number of amides is 2. The minimum atomic E-state index is -0.753.